The molecule has 2 N–H and O–H groups in total. The van der Waals surface area contributed by atoms with Gasteiger partial charge in [-0.15, -0.1) is 0 Å². The number of carboxylic acids is 1. The average Bonchev–Trinajstić information content (AvgIpc) is 3.04. The van der Waals surface area contributed by atoms with Gasteiger partial charge in [-0.25, -0.2) is 0 Å². The van der Waals surface area contributed by atoms with Crippen molar-refractivity contribution in [2.75, 3.05) is 6.54 Å². The Morgan fingerprint density at radius 1 is 1.15 bits per heavy atom. The maximum Gasteiger partial charge on any atom is 0.315 e. The molecule has 2 rings (SSSR count). The molecule has 1 aromatic heterocycles. The molecule has 0 aliphatic carbocycles. The molecule has 1 atom stereocenters. The molecule has 0 saturated carbocycles. The number of rotatable bonds is 6. The van der Waals surface area contributed by atoms with Crippen LogP contribution in [0.3, 0.4) is 0 Å². The van der Waals surface area contributed by atoms with Gasteiger partial charge in [0.15, 0.2) is 0 Å². The summed E-state index contributed by atoms with van der Waals surface area (Å²) in [4.78, 5) is 24.6. The van der Waals surface area contributed by atoms with E-state index in [1.54, 1.807) is 37.4 Å². The van der Waals surface area contributed by atoms with Crippen LogP contribution in [0, 0.1) is 0 Å². The zero-order valence-corrected chi connectivity index (χ0v) is 16.0. The van der Waals surface area contributed by atoms with Crippen molar-refractivity contribution in [3.05, 3.63) is 53.3 Å². The molecule has 1 unspecified atom stereocenters. The van der Waals surface area contributed by atoms with Crippen molar-refractivity contribution in [2.24, 2.45) is 0 Å². The fraction of sp³-hybridized carbons (Fsp3) is 0.450. The molecule has 6 heteroatoms. The van der Waals surface area contributed by atoms with E-state index in [0.29, 0.717) is 17.5 Å². The van der Waals surface area contributed by atoms with Crippen LogP contribution in [0.25, 0.3) is 0 Å². The van der Waals surface area contributed by atoms with Crippen LogP contribution in [-0.4, -0.2) is 33.3 Å². The third-order valence-corrected chi connectivity index (χ3v) is 4.57. The Morgan fingerprint density at radius 3 is 2.27 bits per heavy atom. The van der Waals surface area contributed by atoms with Gasteiger partial charge in [-0.2, -0.15) is 5.10 Å². The fourth-order valence-corrected chi connectivity index (χ4v) is 2.94. The molecule has 0 bridgehead atoms. The van der Waals surface area contributed by atoms with Gasteiger partial charge in [0.1, 0.15) is 5.41 Å². The van der Waals surface area contributed by atoms with Gasteiger partial charge in [0.2, 0.25) is 0 Å². The topological polar surface area (TPSA) is 84.2 Å². The predicted octanol–water partition coefficient (Wildman–Crippen LogP) is 2.97. The predicted molar refractivity (Wildman–Crippen MR) is 100 cm³/mol. The summed E-state index contributed by atoms with van der Waals surface area (Å²) < 4.78 is 1.84. The Bertz CT molecular complexity index is 790. The lowest BCUT2D eigenvalue weighted by molar-refractivity contribution is -0.142. The third-order valence-electron chi connectivity index (χ3n) is 4.57. The van der Waals surface area contributed by atoms with Gasteiger partial charge >= 0.3 is 5.97 Å². The van der Waals surface area contributed by atoms with Crippen LogP contribution in [-0.2, 0) is 22.2 Å². The van der Waals surface area contributed by atoms with Crippen molar-refractivity contribution in [3.63, 3.8) is 0 Å². The van der Waals surface area contributed by atoms with Crippen molar-refractivity contribution < 1.29 is 14.7 Å². The first-order valence-corrected chi connectivity index (χ1v) is 8.75. The molecule has 6 nitrogen and oxygen atoms in total. The number of aromatic nitrogens is 2. The second-order valence-electron chi connectivity index (χ2n) is 7.63. The number of carbonyl (C=O) groups excluding carboxylic acids is 1. The minimum atomic E-state index is -1.21. The van der Waals surface area contributed by atoms with E-state index in [0.717, 1.165) is 5.69 Å². The Balaban J connectivity index is 2.25. The maximum absolute atomic E-state index is 12.7. The number of aliphatic carboxylic acids is 1. The zero-order valence-electron chi connectivity index (χ0n) is 16.0. The molecular formula is C20H27N3O3. The molecule has 1 aromatic carbocycles. The van der Waals surface area contributed by atoms with Crippen LogP contribution >= 0.6 is 0 Å². The Hall–Kier alpha value is -2.63. The van der Waals surface area contributed by atoms with Crippen LogP contribution < -0.4 is 5.32 Å². The summed E-state index contributed by atoms with van der Waals surface area (Å²) in [5.41, 5.74) is 0.538. The van der Waals surface area contributed by atoms with E-state index < -0.39 is 11.4 Å². The first-order chi connectivity index (χ1) is 12.1. The minimum Gasteiger partial charge on any atom is -0.481 e. The van der Waals surface area contributed by atoms with E-state index in [-0.39, 0.29) is 18.0 Å². The molecule has 0 saturated heterocycles. The van der Waals surface area contributed by atoms with E-state index in [4.69, 9.17) is 0 Å². The van der Waals surface area contributed by atoms with Crippen LogP contribution in [0.4, 0.5) is 0 Å². The molecular weight excluding hydrogens is 330 g/mol. The van der Waals surface area contributed by atoms with Gasteiger partial charge in [0.25, 0.3) is 5.91 Å². The molecule has 0 fully saturated rings. The SMILES string of the molecule is CCc1c(C(=O)NCC(C)(C(=O)O)c2ccccc2)cnn1C(C)(C)C. The first kappa shape index (κ1) is 19.7. The normalized spacial score (nSPS) is 13.9. The highest BCUT2D eigenvalue weighted by Crippen LogP contribution is 2.24. The van der Waals surface area contributed by atoms with Crippen molar-refractivity contribution in [1.82, 2.24) is 15.1 Å². The zero-order chi connectivity index (χ0) is 19.5. The number of carbonyl (C=O) groups is 2. The summed E-state index contributed by atoms with van der Waals surface area (Å²) >= 11 is 0. The van der Waals surface area contributed by atoms with Crippen LogP contribution in [0.5, 0.6) is 0 Å². The number of nitrogens with zero attached hydrogens (tertiary/aromatic N) is 2. The molecule has 0 radical (unpaired) electrons. The molecule has 1 amide bonds. The highest BCUT2D eigenvalue weighted by atomic mass is 16.4. The molecule has 0 aliphatic rings. The monoisotopic (exact) mass is 357 g/mol. The quantitative estimate of drug-likeness (QED) is 0.832. The van der Waals surface area contributed by atoms with Gasteiger partial charge in [-0.1, -0.05) is 37.3 Å². The van der Waals surface area contributed by atoms with E-state index in [2.05, 4.69) is 10.4 Å². The summed E-state index contributed by atoms with van der Waals surface area (Å²) in [6.45, 7) is 9.66. The van der Waals surface area contributed by atoms with Crippen LogP contribution in [0.1, 0.15) is 56.2 Å². The fourth-order valence-electron chi connectivity index (χ4n) is 2.94. The first-order valence-electron chi connectivity index (χ1n) is 8.75. The van der Waals surface area contributed by atoms with Crippen molar-refractivity contribution in [3.8, 4) is 0 Å². The molecule has 0 aliphatic heterocycles. The second kappa shape index (κ2) is 7.32. The lowest BCUT2D eigenvalue weighted by Gasteiger charge is -2.26. The van der Waals surface area contributed by atoms with Gasteiger partial charge in [-0.3, -0.25) is 14.3 Å². The Morgan fingerprint density at radius 2 is 1.77 bits per heavy atom. The van der Waals surface area contributed by atoms with Crippen molar-refractivity contribution in [1.29, 1.82) is 0 Å². The highest BCUT2D eigenvalue weighted by Gasteiger charge is 2.36. The van der Waals surface area contributed by atoms with Crippen LogP contribution in [0.15, 0.2) is 36.5 Å². The van der Waals surface area contributed by atoms with Gasteiger partial charge in [-0.05, 0) is 39.7 Å². The number of carboxylic acid groups (broad SMARTS) is 1. The summed E-state index contributed by atoms with van der Waals surface area (Å²) in [5, 5.41) is 16.9. The maximum atomic E-state index is 12.7. The standard InChI is InChI=1S/C20H27N3O3/c1-6-16-15(12-22-23(16)19(2,3)4)17(24)21-13-20(5,18(25)26)14-10-8-7-9-11-14/h7-12H,6,13H2,1-5H3,(H,21,24)(H,25,26). The second-order valence-corrected chi connectivity index (χ2v) is 7.63. The lowest BCUT2D eigenvalue weighted by atomic mass is 9.82. The lowest BCUT2D eigenvalue weighted by Crippen LogP contribution is -2.44. The number of amides is 1. The largest absolute Gasteiger partial charge is 0.481 e. The van der Waals surface area contributed by atoms with E-state index in [1.807, 2.05) is 38.4 Å². The van der Waals surface area contributed by atoms with E-state index >= 15 is 0 Å². The average molecular weight is 357 g/mol. The smallest absolute Gasteiger partial charge is 0.315 e. The number of benzene rings is 1. The van der Waals surface area contributed by atoms with Gasteiger partial charge < -0.3 is 10.4 Å². The van der Waals surface area contributed by atoms with Gasteiger partial charge in [0.05, 0.1) is 23.0 Å². The summed E-state index contributed by atoms with van der Waals surface area (Å²) in [5.74, 6) is -1.29. The molecule has 1 heterocycles. The highest BCUT2D eigenvalue weighted by molar-refractivity contribution is 5.95. The Kier molecular flexibility index (Phi) is 5.54. The van der Waals surface area contributed by atoms with Crippen LogP contribution in [0.2, 0.25) is 0 Å². The number of hydrogen-bond donors (Lipinski definition) is 2. The summed E-state index contributed by atoms with van der Waals surface area (Å²) in [6.07, 6.45) is 2.22. The molecule has 140 valence electrons. The molecule has 26 heavy (non-hydrogen) atoms. The molecule has 2 aromatic rings. The Labute approximate surface area is 154 Å². The number of nitrogens with one attached hydrogen (secondary N) is 1. The van der Waals surface area contributed by atoms with Gasteiger partial charge in [0, 0.05) is 6.54 Å². The number of hydrogen-bond acceptors (Lipinski definition) is 3. The van der Waals surface area contributed by atoms with Crippen molar-refractivity contribution in [2.45, 2.75) is 52.0 Å². The summed E-state index contributed by atoms with van der Waals surface area (Å²) in [6, 6.07) is 8.94. The minimum absolute atomic E-state index is 0.00493. The summed E-state index contributed by atoms with van der Waals surface area (Å²) in [7, 11) is 0. The third kappa shape index (κ3) is 3.79. The molecule has 0 spiro atoms. The van der Waals surface area contributed by atoms with E-state index in [9.17, 15) is 14.7 Å². The van der Waals surface area contributed by atoms with Crippen molar-refractivity contribution >= 4 is 11.9 Å². The van der Waals surface area contributed by atoms with E-state index in [1.165, 1.54) is 0 Å².